The van der Waals surface area contributed by atoms with Gasteiger partial charge in [-0.25, -0.2) is 8.42 Å². The lowest BCUT2D eigenvalue weighted by Gasteiger charge is -2.01. The molecule has 0 unspecified atom stereocenters. The highest BCUT2D eigenvalue weighted by molar-refractivity contribution is 8.02. The third-order valence-corrected chi connectivity index (χ3v) is 3.87. The van der Waals surface area contributed by atoms with E-state index in [1.807, 2.05) is 33.8 Å². The molecule has 1 aliphatic heterocycles. The second-order valence-corrected chi connectivity index (χ2v) is 4.88. The number of rotatable bonds is 1. The molecule has 1 N–H and O–H groups in total. The minimum absolute atomic E-state index is 0. The van der Waals surface area contributed by atoms with Gasteiger partial charge in [-0.3, -0.25) is 4.72 Å². The fourth-order valence-corrected chi connectivity index (χ4v) is 3.11. The van der Waals surface area contributed by atoms with Crippen molar-refractivity contribution in [3.8, 4) is 0 Å². The smallest absolute Gasteiger partial charge is 0.262 e. The van der Waals surface area contributed by atoms with Crippen LogP contribution in [0.1, 0.15) is 47.2 Å². The maximum absolute atomic E-state index is 11.7. The minimum Gasteiger partial charge on any atom is -0.279 e. The van der Waals surface area contributed by atoms with E-state index >= 15 is 0 Å². The molecule has 0 fully saturated rings. The van der Waals surface area contributed by atoms with Crippen LogP contribution in [-0.2, 0) is 10.0 Å². The Hall–Kier alpha value is -1.55. The topological polar surface area (TPSA) is 46.2 Å². The summed E-state index contributed by atoms with van der Waals surface area (Å²) in [5.41, 5.74) is 2.17. The Morgan fingerprint density at radius 2 is 1.79 bits per heavy atom. The first-order valence-electron chi connectivity index (χ1n) is 6.55. The largest absolute Gasteiger partial charge is 0.279 e. The zero-order chi connectivity index (χ0) is 15.1. The van der Waals surface area contributed by atoms with Crippen LogP contribution in [0.4, 0.5) is 5.69 Å². The molecule has 108 valence electrons. The summed E-state index contributed by atoms with van der Waals surface area (Å²) in [6.45, 7) is 13.4. The highest BCUT2D eigenvalue weighted by atomic mass is 32.2. The van der Waals surface area contributed by atoms with Gasteiger partial charge in [-0.05, 0) is 18.6 Å². The summed E-state index contributed by atoms with van der Waals surface area (Å²) in [7, 11) is -3.37. The fourth-order valence-electron chi connectivity index (χ4n) is 1.73. The predicted molar refractivity (Wildman–Crippen MR) is 87.5 cm³/mol. The van der Waals surface area contributed by atoms with Gasteiger partial charge in [-0.2, -0.15) is 0 Å². The van der Waals surface area contributed by atoms with Crippen molar-refractivity contribution in [2.75, 3.05) is 4.72 Å². The zero-order valence-corrected chi connectivity index (χ0v) is 13.1. The van der Waals surface area contributed by atoms with E-state index in [0.717, 1.165) is 11.1 Å². The minimum atomic E-state index is -3.37. The van der Waals surface area contributed by atoms with E-state index in [-0.39, 0.29) is 1.43 Å². The van der Waals surface area contributed by atoms with Crippen LogP contribution in [0.25, 0.3) is 11.0 Å². The number of sulfonamides is 1. The predicted octanol–water partition coefficient (Wildman–Crippen LogP) is 4.74. The Kier molecular flexibility index (Phi) is 7.16. The molecule has 2 rings (SSSR count). The van der Waals surface area contributed by atoms with E-state index in [1.165, 1.54) is 0 Å². The Balaban J connectivity index is 0. The second-order valence-electron chi connectivity index (χ2n) is 3.23. The summed E-state index contributed by atoms with van der Waals surface area (Å²) in [6, 6.07) is 5.39. The number of hydrogen-bond donors (Lipinski definition) is 1. The van der Waals surface area contributed by atoms with Crippen molar-refractivity contribution in [3.05, 3.63) is 42.0 Å². The molecule has 0 spiro atoms. The molecule has 0 radical (unpaired) electrons. The Morgan fingerprint density at radius 1 is 1.21 bits per heavy atom. The third kappa shape index (κ3) is 3.47. The lowest BCUT2D eigenvalue weighted by molar-refractivity contribution is 0.611. The maximum Gasteiger partial charge on any atom is 0.262 e. The first-order chi connectivity index (χ1) is 9.10. The number of benzene rings is 1. The zero-order valence-electron chi connectivity index (χ0n) is 12.3. The molecule has 0 bridgehead atoms. The van der Waals surface area contributed by atoms with Crippen LogP contribution in [0.5, 0.6) is 0 Å². The molecule has 1 aromatic carbocycles. The SMILES string of the molecule is C=Cc1cccc2c1/C(=C\C)S(=O)(=O)N2.CC.CC.[HH]. The molecule has 0 aliphatic carbocycles. The molecular weight excluding hydrogens is 258 g/mol. The van der Waals surface area contributed by atoms with E-state index in [0.29, 0.717) is 10.6 Å². The number of allylic oxidation sites excluding steroid dienone is 1. The van der Waals surface area contributed by atoms with Crippen LogP contribution in [0.2, 0.25) is 0 Å². The summed E-state index contributed by atoms with van der Waals surface area (Å²) >= 11 is 0. The van der Waals surface area contributed by atoms with Gasteiger partial charge in [0.2, 0.25) is 0 Å². The van der Waals surface area contributed by atoms with E-state index < -0.39 is 10.0 Å². The van der Waals surface area contributed by atoms with Crippen LogP contribution in [0, 0.1) is 0 Å². The number of nitrogens with one attached hydrogen (secondary N) is 1. The summed E-state index contributed by atoms with van der Waals surface area (Å²) in [4.78, 5) is 0.327. The van der Waals surface area contributed by atoms with Crippen LogP contribution in [-0.4, -0.2) is 8.42 Å². The molecule has 0 amide bonds. The monoisotopic (exact) mass is 283 g/mol. The van der Waals surface area contributed by atoms with Gasteiger partial charge in [-0.1, -0.05) is 58.6 Å². The highest BCUT2D eigenvalue weighted by Gasteiger charge is 2.30. The molecular formula is C15H25NO2S. The van der Waals surface area contributed by atoms with E-state index in [1.54, 1.807) is 31.2 Å². The quantitative estimate of drug-likeness (QED) is 0.808. The van der Waals surface area contributed by atoms with Crippen molar-refractivity contribution in [2.45, 2.75) is 34.6 Å². The molecule has 0 saturated heterocycles. The molecule has 0 aromatic heterocycles. The first kappa shape index (κ1) is 17.4. The summed E-state index contributed by atoms with van der Waals surface area (Å²) < 4.78 is 25.9. The normalized spacial score (nSPS) is 16.2. The Labute approximate surface area is 118 Å². The van der Waals surface area contributed by atoms with Crippen molar-refractivity contribution >= 4 is 26.7 Å². The lowest BCUT2D eigenvalue weighted by atomic mass is 10.1. The van der Waals surface area contributed by atoms with Crippen LogP contribution in [0.3, 0.4) is 0 Å². The molecule has 3 nitrogen and oxygen atoms in total. The van der Waals surface area contributed by atoms with Gasteiger partial charge in [0.1, 0.15) is 0 Å². The molecule has 1 aliphatic rings. The van der Waals surface area contributed by atoms with Crippen molar-refractivity contribution < 1.29 is 9.84 Å². The molecule has 1 aromatic rings. The summed E-state index contributed by atoms with van der Waals surface area (Å²) in [5.74, 6) is 0. The van der Waals surface area contributed by atoms with Gasteiger partial charge in [0.15, 0.2) is 0 Å². The molecule has 4 heteroatoms. The Morgan fingerprint density at radius 3 is 2.26 bits per heavy atom. The van der Waals surface area contributed by atoms with Gasteiger partial charge < -0.3 is 0 Å². The number of anilines is 1. The summed E-state index contributed by atoms with van der Waals surface area (Å²) in [5, 5.41) is 0. The van der Waals surface area contributed by atoms with E-state index in [2.05, 4.69) is 11.3 Å². The van der Waals surface area contributed by atoms with Crippen LogP contribution >= 0.6 is 0 Å². The van der Waals surface area contributed by atoms with Crippen molar-refractivity contribution in [1.29, 1.82) is 0 Å². The standard InChI is InChI=1S/C11H11NO2S.2C2H6.H2/c1-3-8-6-5-7-9-11(8)10(4-2)15(13,14)12-9;2*1-2;/h3-7,12H,1H2,2H3;2*1-2H3;1H/b10-4+;;;. The van der Waals surface area contributed by atoms with Crippen molar-refractivity contribution in [2.24, 2.45) is 0 Å². The average Bonchev–Trinajstić information content (AvgIpc) is 2.72. The lowest BCUT2D eigenvalue weighted by Crippen LogP contribution is -2.04. The average molecular weight is 283 g/mol. The van der Waals surface area contributed by atoms with Gasteiger partial charge in [0.25, 0.3) is 10.0 Å². The maximum atomic E-state index is 11.7. The number of fused-ring (bicyclic) bond motifs is 1. The van der Waals surface area contributed by atoms with Gasteiger partial charge in [0, 0.05) is 6.99 Å². The van der Waals surface area contributed by atoms with Gasteiger partial charge >= 0.3 is 0 Å². The van der Waals surface area contributed by atoms with Crippen molar-refractivity contribution in [3.63, 3.8) is 0 Å². The van der Waals surface area contributed by atoms with Crippen molar-refractivity contribution in [1.82, 2.24) is 0 Å². The molecule has 19 heavy (non-hydrogen) atoms. The van der Waals surface area contributed by atoms with Crippen LogP contribution in [0.15, 0.2) is 30.9 Å². The molecule has 1 heterocycles. The fraction of sp³-hybridized carbons (Fsp3) is 0.333. The second kappa shape index (κ2) is 7.79. The summed E-state index contributed by atoms with van der Waals surface area (Å²) in [6.07, 6.45) is 3.26. The van der Waals surface area contributed by atoms with E-state index in [4.69, 9.17) is 0 Å². The Bertz CT molecular complexity index is 563. The third-order valence-electron chi connectivity index (χ3n) is 2.36. The first-order valence-corrected chi connectivity index (χ1v) is 8.03. The number of hydrogen-bond acceptors (Lipinski definition) is 2. The van der Waals surface area contributed by atoms with Gasteiger partial charge in [-0.15, -0.1) is 0 Å². The van der Waals surface area contributed by atoms with E-state index in [9.17, 15) is 8.42 Å². The van der Waals surface area contributed by atoms with Gasteiger partial charge in [0.05, 0.1) is 10.6 Å². The molecule has 0 atom stereocenters. The molecule has 0 saturated carbocycles. The van der Waals surface area contributed by atoms with Crippen LogP contribution < -0.4 is 4.72 Å². The highest BCUT2D eigenvalue weighted by Crippen LogP contribution is 2.39.